The molecule has 24 heavy (non-hydrogen) atoms. The van der Waals surface area contributed by atoms with Crippen LogP contribution in [-0.4, -0.2) is 47.9 Å². The minimum atomic E-state index is -0.726. The number of hydrogen-bond donors (Lipinski definition) is 2. The maximum absolute atomic E-state index is 12.0. The third kappa shape index (κ3) is 4.63. The van der Waals surface area contributed by atoms with Gasteiger partial charge in [-0.2, -0.15) is 0 Å². The van der Waals surface area contributed by atoms with Crippen LogP contribution in [0.5, 0.6) is 5.75 Å². The SMILES string of the molecule is CC(C)(C)c1ccccc1OCCNC(=O)N1CC(C(C)(C)O)C1. The third-order valence-electron chi connectivity index (χ3n) is 4.50. The van der Waals surface area contributed by atoms with E-state index in [1.165, 1.54) is 0 Å². The van der Waals surface area contributed by atoms with E-state index < -0.39 is 5.60 Å². The number of benzene rings is 1. The Kier molecular flexibility index (Phi) is 5.43. The van der Waals surface area contributed by atoms with Crippen LogP contribution in [0.25, 0.3) is 0 Å². The quantitative estimate of drug-likeness (QED) is 0.814. The summed E-state index contributed by atoms with van der Waals surface area (Å²) >= 11 is 0. The average Bonchev–Trinajstić information content (AvgIpc) is 2.39. The average molecular weight is 334 g/mol. The number of nitrogens with one attached hydrogen (secondary N) is 1. The molecule has 1 aromatic carbocycles. The highest BCUT2D eigenvalue weighted by molar-refractivity contribution is 5.75. The van der Waals surface area contributed by atoms with E-state index in [1.807, 2.05) is 18.2 Å². The van der Waals surface area contributed by atoms with Crippen LogP contribution < -0.4 is 10.1 Å². The highest BCUT2D eigenvalue weighted by Gasteiger charge is 2.39. The van der Waals surface area contributed by atoms with Gasteiger partial charge in [0.05, 0.1) is 12.1 Å². The predicted octanol–water partition coefficient (Wildman–Crippen LogP) is 2.78. The van der Waals surface area contributed by atoms with Gasteiger partial charge >= 0.3 is 6.03 Å². The first-order valence-corrected chi connectivity index (χ1v) is 8.56. The second-order valence-electron chi connectivity index (χ2n) is 8.08. The van der Waals surface area contributed by atoms with Gasteiger partial charge in [0.1, 0.15) is 12.4 Å². The van der Waals surface area contributed by atoms with Crippen molar-refractivity contribution in [3.8, 4) is 5.75 Å². The van der Waals surface area contributed by atoms with Crippen LogP contribution in [0.3, 0.4) is 0 Å². The van der Waals surface area contributed by atoms with Crippen LogP contribution in [-0.2, 0) is 5.41 Å². The number of carbonyl (C=O) groups is 1. The molecule has 1 aromatic rings. The fourth-order valence-corrected chi connectivity index (χ4v) is 2.73. The molecule has 1 aliphatic rings. The zero-order valence-corrected chi connectivity index (χ0v) is 15.4. The minimum Gasteiger partial charge on any atom is -0.491 e. The Morgan fingerprint density at radius 1 is 1.25 bits per heavy atom. The van der Waals surface area contributed by atoms with Crippen molar-refractivity contribution in [1.82, 2.24) is 10.2 Å². The van der Waals surface area contributed by atoms with Crippen LogP contribution in [0.4, 0.5) is 4.79 Å². The summed E-state index contributed by atoms with van der Waals surface area (Å²) in [5.74, 6) is 1.02. The molecule has 0 saturated carbocycles. The molecule has 1 fully saturated rings. The van der Waals surface area contributed by atoms with E-state index in [0.29, 0.717) is 26.2 Å². The standard InChI is InChI=1S/C19H30N2O3/c1-18(2,3)15-8-6-7-9-16(15)24-11-10-20-17(22)21-12-14(13-21)19(4,5)23/h6-9,14,23H,10-13H2,1-5H3,(H,20,22). The molecule has 1 heterocycles. The number of rotatable bonds is 5. The third-order valence-corrected chi connectivity index (χ3v) is 4.50. The van der Waals surface area contributed by atoms with Crippen molar-refractivity contribution in [2.24, 2.45) is 5.92 Å². The van der Waals surface area contributed by atoms with Gasteiger partial charge in [0, 0.05) is 19.0 Å². The molecule has 5 nitrogen and oxygen atoms in total. The Morgan fingerprint density at radius 3 is 2.46 bits per heavy atom. The van der Waals surface area contributed by atoms with E-state index in [4.69, 9.17) is 4.74 Å². The molecular weight excluding hydrogens is 304 g/mol. The van der Waals surface area contributed by atoms with E-state index in [2.05, 4.69) is 32.2 Å². The van der Waals surface area contributed by atoms with Gasteiger partial charge in [-0.05, 0) is 30.9 Å². The molecule has 2 rings (SSSR count). The number of para-hydroxylation sites is 1. The summed E-state index contributed by atoms with van der Waals surface area (Å²) in [6.07, 6.45) is 0. The van der Waals surface area contributed by atoms with Gasteiger partial charge in [-0.25, -0.2) is 4.79 Å². The van der Waals surface area contributed by atoms with Crippen LogP contribution >= 0.6 is 0 Å². The van der Waals surface area contributed by atoms with Crippen molar-refractivity contribution in [3.63, 3.8) is 0 Å². The Hall–Kier alpha value is -1.75. The number of likely N-dealkylation sites (tertiary alicyclic amines) is 1. The Balaban J connectivity index is 1.74. The Bertz CT molecular complexity index is 567. The number of carbonyl (C=O) groups excluding carboxylic acids is 1. The maximum Gasteiger partial charge on any atom is 0.317 e. The van der Waals surface area contributed by atoms with Crippen molar-refractivity contribution in [3.05, 3.63) is 29.8 Å². The first-order chi connectivity index (χ1) is 11.1. The van der Waals surface area contributed by atoms with Crippen LogP contribution in [0.15, 0.2) is 24.3 Å². The maximum atomic E-state index is 12.0. The van der Waals surface area contributed by atoms with Gasteiger partial charge in [0.2, 0.25) is 0 Å². The predicted molar refractivity (Wildman–Crippen MR) is 95.4 cm³/mol. The molecule has 0 aromatic heterocycles. The fraction of sp³-hybridized carbons (Fsp3) is 0.632. The first kappa shape index (κ1) is 18.6. The normalized spacial score (nSPS) is 15.8. The van der Waals surface area contributed by atoms with Crippen molar-refractivity contribution in [2.45, 2.75) is 45.6 Å². The van der Waals surface area contributed by atoms with Crippen LogP contribution in [0.2, 0.25) is 0 Å². The number of nitrogens with zero attached hydrogens (tertiary/aromatic N) is 1. The topological polar surface area (TPSA) is 61.8 Å². The van der Waals surface area contributed by atoms with Crippen LogP contribution in [0.1, 0.15) is 40.2 Å². The Labute approximate surface area is 145 Å². The lowest BCUT2D eigenvalue weighted by Gasteiger charge is -2.44. The molecule has 0 unspecified atom stereocenters. The molecule has 0 aliphatic carbocycles. The molecular formula is C19H30N2O3. The van der Waals surface area contributed by atoms with Crippen molar-refractivity contribution in [1.29, 1.82) is 0 Å². The lowest BCUT2D eigenvalue weighted by Crippen LogP contribution is -2.60. The van der Waals surface area contributed by atoms with Crippen molar-refractivity contribution < 1.29 is 14.6 Å². The van der Waals surface area contributed by atoms with Gasteiger partial charge in [-0.1, -0.05) is 39.0 Å². The molecule has 0 bridgehead atoms. The lowest BCUT2D eigenvalue weighted by atomic mass is 9.85. The van der Waals surface area contributed by atoms with Gasteiger partial charge < -0.3 is 20.1 Å². The summed E-state index contributed by atoms with van der Waals surface area (Å²) in [6, 6.07) is 7.91. The largest absolute Gasteiger partial charge is 0.491 e. The van der Waals surface area contributed by atoms with E-state index in [0.717, 1.165) is 11.3 Å². The number of amides is 2. The van der Waals surface area contributed by atoms with Crippen molar-refractivity contribution >= 4 is 6.03 Å². The summed E-state index contributed by atoms with van der Waals surface area (Å²) < 4.78 is 5.85. The number of ether oxygens (including phenoxy) is 1. The number of urea groups is 1. The summed E-state index contributed by atoms with van der Waals surface area (Å²) in [4.78, 5) is 13.7. The van der Waals surface area contributed by atoms with Crippen molar-refractivity contribution in [2.75, 3.05) is 26.2 Å². The minimum absolute atomic E-state index is 0.0174. The molecule has 2 N–H and O–H groups in total. The number of hydrogen-bond acceptors (Lipinski definition) is 3. The van der Waals surface area contributed by atoms with Gasteiger partial charge in [0.25, 0.3) is 0 Å². The molecule has 134 valence electrons. The molecule has 0 radical (unpaired) electrons. The highest BCUT2D eigenvalue weighted by atomic mass is 16.5. The summed E-state index contributed by atoms with van der Waals surface area (Å²) in [7, 11) is 0. The second-order valence-corrected chi connectivity index (χ2v) is 8.08. The van der Waals surface area contributed by atoms with E-state index in [1.54, 1.807) is 18.7 Å². The number of aliphatic hydroxyl groups is 1. The molecule has 0 atom stereocenters. The van der Waals surface area contributed by atoms with Crippen LogP contribution in [0, 0.1) is 5.92 Å². The zero-order valence-electron chi connectivity index (χ0n) is 15.4. The first-order valence-electron chi connectivity index (χ1n) is 8.56. The fourth-order valence-electron chi connectivity index (χ4n) is 2.73. The molecule has 5 heteroatoms. The molecule has 2 amide bonds. The van der Waals surface area contributed by atoms with E-state index in [9.17, 15) is 9.90 Å². The van der Waals surface area contributed by atoms with Gasteiger partial charge in [0.15, 0.2) is 0 Å². The summed E-state index contributed by atoms with van der Waals surface area (Å²) in [5.41, 5.74) is 0.451. The molecule has 1 aliphatic heterocycles. The zero-order chi connectivity index (χ0) is 18.0. The highest BCUT2D eigenvalue weighted by Crippen LogP contribution is 2.30. The van der Waals surface area contributed by atoms with Gasteiger partial charge in [-0.15, -0.1) is 0 Å². The van der Waals surface area contributed by atoms with E-state index in [-0.39, 0.29) is 17.4 Å². The van der Waals surface area contributed by atoms with Gasteiger partial charge in [-0.3, -0.25) is 0 Å². The Morgan fingerprint density at radius 2 is 1.88 bits per heavy atom. The lowest BCUT2D eigenvalue weighted by molar-refractivity contribution is -0.0457. The molecule has 0 spiro atoms. The monoisotopic (exact) mass is 334 g/mol. The van der Waals surface area contributed by atoms with E-state index >= 15 is 0 Å². The summed E-state index contributed by atoms with van der Waals surface area (Å²) in [6.45, 7) is 12.1. The second kappa shape index (κ2) is 7.01. The molecule has 1 saturated heterocycles. The summed E-state index contributed by atoms with van der Waals surface area (Å²) in [5, 5.41) is 12.8. The smallest absolute Gasteiger partial charge is 0.317 e.